The third-order valence-electron chi connectivity index (χ3n) is 4.34. The van der Waals surface area contributed by atoms with Crippen LogP contribution >= 0.6 is 23.4 Å². The van der Waals surface area contributed by atoms with Crippen molar-refractivity contribution in [2.75, 3.05) is 0 Å². The molecule has 4 rings (SSSR count). The zero-order valence-electron chi connectivity index (χ0n) is 15.5. The molecule has 2 aromatic carbocycles. The van der Waals surface area contributed by atoms with Crippen LogP contribution in [0, 0.1) is 6.92 Å². The Balaban J connectivity index is 1.46. The van der Waals surface area contributed by atoms with Gasteiger partial charge in [-0.25, -0.2) is 4.79 Å². The van der Waals surface area contributed by atoms with Gasteiger partial charge in [0.1, 0.15) is 11.5 Å². The highest BCUT2D eigenvalue weighted by atomic mass is 35.5. The number of rotatable bonds is 5. The Hall–Kier alpha value is -2.96. The van der Waals surface area contributed by atoms with Crippen LogP contribution in [0.25, 0.3) is 6.08 Å². The lowest BCUT2D eigenvalue weighted by Crippen LogP contribution is -2.30. The molecule has 1 aliphatic heterocycles. The van der Waals surface area contributed by atoms with Crippen molar-refractivity contribution in [3.05, 3.63) is 88.3 Å². The Labute approximate surface area is 177 Å². The first-order valence-electron chi connectivity index (χ1n) is 8.91. The number of nitrogens with one attached hydrogen (secondary N) is 1. The van der Waals surface area contributed by atoms with Crippen molar-refractivity contribution in [2.45, 2.75) is 23.5 Å². The minimum Gasteiger partial charge on any atom is -0.450 e. The predicted molar refractivity (Wildman–Crippen MR) is 113 cm³/mol. The third kappa shape index (κ3) is 4.55. The van der Waals surface area contributed by atoms with E-state index in [1.807, 2.05) is 61.5 Å². The van der Waals surface area contributed by atoms with Crippen molar-refractivity contribution >= 4 is 41.4 Å². The molecule has 3 aromatic rings. The summed E-state index contributed by atoms with van der Waals surface area (Å²) in [6, 6.07) is 18.3. The Morgan fingerprint density at radius 2 is 1.76 bits per heavy atom. The molecule has 2 heterocycles. The summed E-state index contributed by atoms with van der Waals surface area (Å²) in [6.07, 6.45) is 1.54. The Morgan fingerprint density at radius 3 is 2.48 bits per heavy atom. The second kappa shape index (κ2) is 8.19. The third-order valence-corrected chi connectivity index (χ3v) is 5.52. The van der Waals surface area contributed by atoms with Gasteiger partial charge in [0.15, 0.2) is 5.09 Å². The molecule has 29 heavy (non-hydrogen) atoms. The molecule has 1 aromatic heterocycles. The van der Waals surface area contributed by atoms with Crippen LogP contribution in [0.5, 0.6) is 0 Å². The average Bonchev–Trinajstić information content (AvgIpc) is 3.25. The van der Waals surface area contributed by atoms with E-state index < -0.39 is 6.03 Å². The number of hydrogen-bond donors (Lipinski definition) is 1. The highest BCUT2D eigenvalue weighted by molar-refractivity contribution is 7.99. The van der Waals surface area contributed by atoms with Gasteiger partial charge in [-0.2, -0.15) is 0 Å². The lowest BCUT2D eigenvalue weighted by atomic mass is 10.1. The standard InChI is InChI=1S/C22H17ClN2O3S/c1-14-2-4-15(5-3-14)13-25-21(26)19(24-22(25)27)12-17-8-11-20(28-17)29-18-9-6-16(23)7-10-18/h2-12H,13H2,1H3,(H,24,27)/b19-12+. The Bertz CT molecular complexity index is 1090. The smallest absolute Gasteiger partial charge is 0.329 e. The van der Waals surface area contributed by atoms with Gasteiger partial charge in [0.05, 0.1) is 6.54 Å². The molecule has 0 spiro atoms. The molecule has 0 saturated carbocycles. The summed E-state index contributed by atoms with van der Waals surface area (Å²) in [7, 11) is 0. The van der Waals surface area contributed by atoms with Crippen LogP contribution in [0.3, 0.4) is 0 Å². The number of carbonyl (C=O) groups is 2. The Kier molecular flexibility index (Phi) is 5.47. The van der Waals surface area contributed by atoms with Crippen molar-refractivity contribution in [1.29, 1.82) is 0 Å². The molecule has 0 bridgehead atoms. The van der Waals surface area contributed by atoms with E-state index in [0.717, 1.165) is 16.0 Å². The van der Waals surface area contributed by atoms with Crippen molar-refractivity contribution in [1.82, 2.24) is 10.2 Å². The molecule has 1 N–H and O–H groups in total. The number of amides is 3. The maximum absolute atomic E-state index is 12.6. The SMILES string of the molecule is Cc1ccc(CN2C(=O)N/C(=C/c3ccc(Sc4ccc(Cl)cc4)o3)C2=O)cc1. The van der Waals surface area contributed by atoms with Crippen LogP contribution in [0.15, 0.2) is 80.8 Å². The summed E-state index contributed by atoms with van der Waals surface area (Å²) in [5, 5.41) is 3.96. The molecule has 7 heteroatoms. The number of nitrogens with zero attached hydrogens (tertiary/aromatic N) is 1. The lowest BCUT2D eigenvalue weighted by Gasteiger charge is -2.11. The quantitative estimate of drug-likeness (QED) is 0.434. The molecule has 1 saturated heterocycles. The van der Waals surface area contributed by atoms with Crippen LogP contribution in [0.1, 0.15) is 16.9 Å². The van der Waals surface area contributed by atoms with Crippen LogP contribution in [0.2, 0.25) is 5.02 Å². The van der Waals surface area contributed by atoms with Gasteiger partial charge >= 0.3 is 6.03 Å². The lowest BCUT2D eigenvalue weighted by molar-refractivity contribution is -0.123. The largest absolute Gasteiger partial charge is 0.450 e. The van der Waals surface area contributed by atoms with E-state index in [0.29, 0.717) is 15.9 Å². The topological polar surface area (TPSA) is 62.6 Å². The number of benzene rings is 2. The maximum atomic E-state index is 12.6. The molecular weight excluding hydrogens is 408 g/mol. The van der Waals surface area contributed by atoms with Crippen molar-refractivity contribution in [3.63, 3.8) is 0 Å². The van der Waals surface area contributed by atoms with Crippen molar-refractivity contribution < 1.29 is 14.0 Å². The molecule has 1 aliphatic rings. The van der Waals surface area contributed by atoms with Gasteiger partial charge in [-0.15, -0.1) is 0 Å². The number of imide groups is 1. The summed E-state index contributed by atoms with van der Waals surface area (Å²) < 4.78 is 5.76. The first kappa shape index (κ1) is 19.4. The summed E-state index contributed by atoms with van der Waals surface area (Å²) in [5.74, 6) is 0.112. The monoisotopic (exact) mass is 424 g/mol. The maximum Gasteiger partial charge on any atom is 0.329 e. The number of furan rings is 1. The minimum absolute atomic E-state index is 0.194. The number of carbonyl (C=O) groups excluding carboxylic acids is 2. The first-order chi connectivity index (χ1) is 14.0. The zero-order chi connectivity index (χ0) is 20.4. The molecule has 0 radical (unpaired) electrons. The second-order valence-corrected chi connectivity index (χ2v) is 8.09. The van der Waals surface area contributed by atoms with E-state index in [4.69, 9.17) is 16.0 Å². The van der Waals surface area contributed by atoms with Crippen molar-refractivity contribution in [2.24, 2.45) is 0 Å². The number of aryl methyl sites for hydroxylation is 1. The molecule has 5 nitrogen and oxygen atoms in total. The number of halogens is 1. The van der Waals surface area contributed by atoms with Crippen LogP contribution in [-0.4, -0.2) is 16.8 Å². The van der Waals surface area contributed by atoms with Crippen LogP contribution in [0.4, 0.5) is 4.79 Å². The van der Waals surface area contributed by atoms with E-state index in [2.05, 4.69) is 5.32 Å². The van der Waals surface area contributed by atoms with Gasteiger partial charge < -0.3 is 9.73 Å². The van der Waals surface area contributed by atoms with Crippen LogP contribution < -0.4 is 5.32 Å². The number of hydrogen-bond acceptors (Lipinski definition) is 4. The fourth-order valence-electron chi connectivity index (χ4n) is 2.82. The zero-order valence-corrected chi connectivity index (χ0v) is 17.1. The van der Waals surface area contributed by atoms with Crippen molar-refractivity contribution in [3.8, 4) is 0 Å². The molecule has 3 amide bonds. The molecular formula is C22H17ClN2O3S. The fraction of sp³-hybridized carbons (Fsp3) is 0.0909. The highest BCUT2D eigenvalue weighted by Crippen LogP contribution is 2.30. The average molecular weight is 425 g/mol. The summed E-state index contributed by atoms with van der Waals surface area (Å²) in [6.45, 7) is 2.21. The van der Waals surface area contributed by atoms with Gasteiger partial charge in [0.25, 0.3) is 5.91 Å². The van der Waals surface area contributed by atoms with E-state index in [9.17, 15) is 9.59 Å². The van der Waals surface area contributed by atoms with E-state index in [1.54, 1.807) is 12.1 Å². The van der Waals surface area contributed by atoms with Gasteiger partial charge in [0.2, 0.25) is 0 Å². The van der Waals surface area contributed by atoms with E-state index in [1.165, 1.54) is 16.7 Å². The van der Waals surface area contributed by atoms with E-state index >= 15 is 0 Å². The van der Waals surface area contributed by atoms with Gasteiger partial charge in [-0.1, -0.05) is 53.2 Å². The summed E-state index contributed by atoms with van der Waals surface area (Å²) in [5.41, 5.74) is 2.20. The first-order valence-corrected chi connectivity index (χ1v) is 10.1. The Morgan fingerprint density at radius 1 is 1.03 bits per heavy atom. The normalized spacial score (nSPS) is 15.2. The summed E-state index contributed by atoms with van der Waals surface area (Å²) >= 11 is 7.34. The fourth-order valence-corrected chi connectivity index (χ4v) is 3.72. The molecule has 1 fully saturated rings. The van der Waals surface area contributed by atoms with Gasteiger partial charge in [0, 0.05) is 16.0 Å². The number of urea groups is 1. The molecule has 0 atom stereocenters. The van der Waals surface area contributed by atoms with Crippen LogP contribution in [-0.2, 0) is 11.3 Å². The second-order valence-electron chi connectivity index (χ2n) is 6.58. The summed E-state index contributed by atoms with van der Waals surface area (Å²) in [4.78, 5) is 27.0. The molecule has 0 aliphatic carbocycles. The predicted octanol–water partition coefficient (Wildman–Crippen LogP) is 5.49. The van der Waals surface area contributed by atoms with Gasteiger partial charge in [-0.3, -0.25) is 9.69 Å². The molecule has 0 unspecified atom stereocenters. The minimum atomic E-state index is -0.441. The highest BCUT2D eigenvalue weighted by Gasteiger charge is 2.33. The van der Waals surface area contributed by atoms with Gasteiger partial charge in [-0.05, 0) is 48.9 Å². The van der Waals surface area contributed by atoms with E-state index in [-0.39, 0.29) is 18.1 Å². The molecule has 146 valence electrons.